The van der Waals surface area contributed by atoms with Crippen molar-refractivity contribution in [3.8, 4) is 11.5 Å². The summed E-state index contributed by atoms with van der Waals surface area (Å²) in [7, 11) is 2.68. The molecule has 0 radical (unpaired) electrons. The number of likely N-dealkylation sites (tertiary alicyclic amines) is 2. The molecule has 3 N–H and O–H groups in total. The number of nitrogens with zero attached hydrogens (tertiary/aromatic N) is 6. The van der Waals surface area contributed by atoms with Crippen molar-refractivity contribution >= 4 is 57.8 Å². The lowest BCUT2D eigenvalue weighted by Crippen LogP contribution is -2.55. The first-order chi connectivity index (χ1) is 34.2. The van der Waals surface area contributed by atoms with Gasteiger partial charge in [-0.05, 0) is 111 Å². The molecule has 17 nitrogen and oxygen atoms in total. The second-order valence-corrected chi connectivity index (χ2v) is 21.4. The van der Waals surface area contributed by atoms with Crippen LogP contribution in [0.5, 0.6) is 0 Å². The van der Waals surface area contributed by atoms with E-state index in [-0.39, 0.29) is 59.4 Å². The van der Waals surface area contributed by atoms with Crippen LogP contribution in [-0.4, -0.2) is 156 Å². The Morgan fingerprint density at radius 1 is 0.743 bits per heavy atom. The van der Waals surface area contributed by atoms with E-state index in [4.69, 9.17) is 14.5 Å². The highest BCUT2D eigenvalue weighted by Crippen LogP contribution is 2.41. The number of amides is 6. The topological polar surface area (TPSA) is 192 Å². The van der Waals surface area contributed by atoms with Crippen LogP contribution in [0.2, 0.25) is 0 Å². The quantitative estimate of drug-likeness (QED) is 0.0999. The van der Waals surface area contributed by atoms with E-state index < -0.39 is 133 Å². The van der Waals surface area contributed by atoms with Gasteiger partial charge in [-0.25, -0.2) is 40.9 Å². The van der Waals surface area contributed by atoms with Crippen LogP contribution in [0.4, 0.5) is 35.9 Å². The molecule has 23 heteroatoms. The fourth-order valence-corrected chi connectivity index (χ4v) is 9.21. The highest BCUT2D eigenvalue weighted by atomic mass is 19.3. The number of rotatable bonds is 15. The van der Waals surface area contributed by atoms with Gasteiger partial charge in [-0.3, -0.25) is 29.0 Å². The number of carbonyl (C=O) groups is 6. The number of aromatic amines is 1. The Morgan fingerprint density at radius 3 is 1.69 bits per heavy atom. The number of benzene rings is 2. The van der Waals surface area contributed by atoms with Gasteiger partial charge >= 0.3 is 12.2 Å². The summed E-state index contributed by atoms with van der Waals surface area (Å²) in [5, 5.41) is 5.54. The zero-order valence-corrected chi connectivity index (χ0v) is 43.8. The van der Waals surface area contributed by atoms with Gasteiger partial charge in [0.25, 0.3) is 11.8 Å². The monoisotopic (exact) mass is 1050 g/mol. The first-order valence-electron chi connectivity index (χ1n) is 24.6. The van der Waals surface area contributed by atoms with Crippen molar-refractivity contribution in [1.82, 2.24) is 44.8 Å². The van der Waals surface area contributed by atoms with E-state index in [0.717, 1.165) is 43.9 Å². The molecule has 2 fully saturated rings. The van der Waals surface area contributed by atoms with Gasteiger partial charge in [0.1, 0.15) is 47.0 Å². The lowest BCUT2D eigenvalue weighted by atomic mass is 9.99. The Balaban J connectivity index is 1.34. The van der Waals surface area contributed by atoms with Gasteiger partial charge in [-0.15, -0.1) is 0 Å². The maximum Gasteiger partial charge on any atom is 0.410 e. The average molecular weight is 1050 g/mol. The van der Waals surface area contributed by atoms with Gasteiger partial charge < -0.3 is 39.5 Å². The zero-order chi connectivity index (χ0) is 55.2. The summed E-state index contributed by atoms with van der Waals surface area (Å²) in [4.78, 5) is 93.0. The van der Waals surface area contributed by atoms with Crippen LogP contribution < -0.4 is 10.6 Å². The summed E-state index contributed by atoms with van der Waals surface area (Å²) in [5.41, 5.74) is -0.902. The molecule has 2 saturated heterocycles. The van der Waals surface area contributed by atoms with Crippen LogP contribution in [0.1, 0.15) is 100 Å². The van der Waals surface area contributed by atoms with Crippen molar-refractivity contribution in [1.29, 1.82) is 0 Å². The number of nitrogens with one attached hydrogen (secondary N) is 3. The summed E-state index contributed by atoms with van der Waals surface area (Å²) in [6, 6.07) is -0.0874. The molecular formula is C51H67F6N9O8. The minimum atomic E-state index is -3.41. The lowest BCUT2D eigenvalue weighted by molar-refractivity contribution is -0.139. The smallest absolute Gasteiger partial charge is 0.410 e. The van der Waals surface area contributed by atoms with E-state index in [1.807, 2.05) is 0 Å². The number of halogens is 6. The summed E-state index contributed by atoms with van der Waals surface area (Å²) < 4.78 is 105. The van der Waals surface area contributed by atoms with Crippen molar-refractivity contribution in [2.45, 2.75) is 167 Å². The Morgan fingerprint density at radius 2 is 1.20 bits per heavy atom. The van der Waals surface area contributed by atoms with Crippen LogP contribution in [0, 0.1) is 11.6 Å². The molecule has 0 saturated carbocycles. The molecule has 2 aromatic heterocycles. The highest BCUT2D eigenvalue weighted by Gasteiger charge is 2.50. The summed E-state index contributed by atoms with van der Waals surface area (Å²) >= 11 is 0. The molecule has 0 bridgehead atoms. The molecule has 0 spiro atoms. The summed E-state index contributed by atoms with van der Waals surface area (Å²) in [6.07, 6.45) is -3.61. The van der Waals surface area contributed by atoms with E-state index in [2.05, 4.69) is 15.6 Å². The van der Waals surface area contributed by atoms with Gasteiger partial charge in [0.05, 0.1) is 35.9 Å². The first-order valence-corrected chi connectivity index (χ1v) is 24.6. The molecule has 2 aromatic carbocycles. The molecule has 4 aromatic rings. The van der Waals surface area contributed by atoms with Crippen molar-refractivity contribution < 1.29 is 64.6 Å². The Bertz CT molecular complexity index is 2600. The number of imidazole rings is 1. The number of hydrogen-bond acceptors (Lipinski definition) is 9. The molecular weight excluding hydrogens is 981 g/mol. The number of H-pyrrole nitrogens is 1. The fourth-order valence-electron chi connectivity index (χ4n) is 9.21. The van der Waals surface area contributed by atoms with Gasteiger partial charge in [0.15, 0.2) is 5.82 Å². The molecule has 406 valence electrons. The van der Waals surface area contributed by atoms with Gasteiger partial charge in [0.2, 0.25) is 23.6 Å². The number of likely N-dealkylation sites (N-methyl/N-ethyl adjacent to an activating group) is 2. The van der Waals surface area contributed by atoms with Crippen LogP contribution in [0.25, 0.3) is 33.5 Å². The highest BCUT2D eigenvalue weighted by molar-refractivity contribution is 5.94. The molecule has 4 heterocycles. The van der Waals surface area contributed by atoms with Crippen molar-refractivity contribution in [3.05, 3.63) is 53.6 Å². The number of hydrogen-bond donors (Lipinski definition) is 3. The average Bonchev–Trinajstić information content (AvgIpc) is 4.02. The van der Waals surface area contributed by atoms with Crippen LogP contribution in [-0.2, 0) is 41.6 Å². The molecule has 2 aliphatic rings. The number of alkyl halides is 4. The van der Waals surface area contributed by atoms with Crippen molar-refractivity contribution in [3.63, 3.8) is 0 Å². The molecule has 6 atom stereocenters. The predicted molar refractivity (Wildman–Crippen MR) is 262 cm³/mol. The van der Waals surface area contributed by atoms with E-state index in [9.17, 15) is 37.5 Å². The number of aromatic nitrogens is 3. The van der Waals surface area contributed by atoms with E-state index in [1.165, 1.54) is 44.6 Å². The largest absolute Gasteiger partial charge is 0.444 e. The Labute approximate surface area is 425 Å². The second kappa shape index (κ2) is 21.4. The van der Waals surface area contributed by atoms with Crippen LogP contribution >= 0.6 is 0 Å². The standard InChI is InChI=1S/C51H67F6N9O8/c1-13-35(60-42(67)27(3)62(11)46(71)73-48(5,6)7)44(69)65-25-50(54,55)22-31(65)21-34-33-17-15-29(52)19-37(33)58-40(34)41-59-38-20-30(53)16-18-39(38)64(41)24-32-23-51(56,57)26-66(32)45(70)36(14-2)61-43(68)28(4)63(12)47(72)74-49(8,9)10/h15-20,27-28,31-32,35-36,58H,13-14,21-26H2,1-12H3,(H,60,67)(H,61,68)/t27-,28-,31+,32-,35-,36-/m0/s1. The molecule has 6 amide bonds. The maximum absolute atomic E-state index is 15.7. The Kier molecular flexibility index (Phi) is 16.4. The van der Waals surface area contributed by atoms with Gasteiger partial charge in [0, 0.05) is 56.5 Å². The minimum absolute atomic E-state index is 0.0106. The molecule has 2 aliphatic heterocycles. The normalized spacial score (nSPS) is 19.2. The molecule has 0 unspecified atom stereocenters. The fraction of sp³-hybridized carbons (Fsp3) is 0.588. The van der Waals surface area contributed by atoms with Crippen LogP contribution in [0.3, 0.4) is 0 Å². The van der Waals surface area contributed by atoms with Crippen LogP contribution in [0.15, 0.2) is 36.4 Å². The zero-order valence-electron chi connectivity index (χ0n) is 43.8. The maximum atomic E-state index is 15.7. The SMILES string of the molecule is CC[C@H](NC(=O)[C@H](C)N(C)C(=O)OC(C)(C)C)C(=O)N1CC(F)(F)C[C@H]1Cc1c(-c2nc3cc(F)ccc3n2C[C@@H]2CC(F)(F)CN2C(=O)[C@H](CC)NC(=O)[C@H](C)N(C)C(=O)OC(C)(C)C)[nH]c2cc(F)ccc12. The van der Waals surface area contributed by atoms with Gasteiger partial charge in [-0.2, -0.15) is 0 Å². The third-order valence-electron chi connectivity index (χ3n) is 13.3. The third-order valence-corrected chi connectivity index (χ3v) is 13.3. The third kappa shape index (κ3) is 12.9. The van der Waals surface area contributed by atoms with E-state index >= 15 is 17.6 Å². The number of fused-ring (bicyclic) bond motifs is 2. The first kappa shape index (κ1) is 56.7. The van der Waals surface area contributed by atoms with Crippen molar-refractivity contribution in [2.24, 2.45) is 0 Å². The van der Waals surface area contributed by atoms with E-state index in [1.54, 1.807) is 55.4 Å². The Hall–Kier alpha value is -6.55. The minimum Gasteiger partial charge on any atom is -0.444 e. The number of carbonyl (C=O) groups excluding carboxylic acids is 6. The second-order valence-electron chi connectivity index (χ2n) is 21.4. The summed E-state index contributed by atoms with van der Waals surface area (Å²) in [5.74, 6) is -11.4. The molecule has 74 heavy (non-hydrogen) atoms. The molecule has 0 aliphatic carbocycles. The predicted octanol–water partition coefficient (Wildman–Crippen LogP) is 7.78. The van der Waals surface area contributed by atoms with E-state index in [0.29, 0.717) is 5.39 Å². The van der Waals surface area contributed by atoms with Crippen molar-refractivity contribution in [2.75, 3.05) is 27.2 Å². The summed E-state index contributed by atoms with van der Waals surface area (Å²) in [6.45, 7) is 13.5. The molecule has 6 rings (SSSR count). The lowest BCUT2D eigenvalue weighted by Gasteiger charge is -2.31. The number of ether oxygens (including phenoxy) is 2. The van der Waals surface area contributed by atoms with Gasteiger partial charge in [-0.1, -0.05) is 13.8 Å².